The number of hydrogen-bond acceptors (Lipinski definition) is 6. The van der Waals surface area contributed by atoms with Crippen LogP contribution in [-0.2, 0) is 0 Å². The Morgan fingerprint density at radius 1 is 1.33 bits per heavy atom. The lowest BCUT2D eigenvalue weighted by Gasteiger charge is -2.07. The van der Waals surface area contributed by atoms with E-state index >= 15 is 0 Å². The Kier molecular flexibility index (Phi) is 3.49. The van der Waals surface area contributed by atoms with Crippen molar-refractivity contribution >= 4 is 32.9 Å². The van der Waals surface area contributed by atoms with Crippen LogP contribution < -0.4 is 5.32 Å². The lowest BCUT2D eigenvalue weighted by molar-refractivity contribution is -0.383. The molecular formula is C14H12N4O2S. The molecule has 0 aliphatic carbocycles. The molecule has 0 amide bonds. The van der Waals surface area contributed by atoms with Crippen LogP contribution in [0.25, 0.3) is 21.3 Å². The number of thiophene rings is 1. The molecule has 2 aromatic heterocycles. The molecule has 0 radical (unpaired) electrons. The highest BCUT2D eigenvalue weighted by molar-refractivity contribution is 7.17. The van der Waals surface area contributed by atoms with Gasteiger partial charge in [-0.15, -0.1) is 11.3 Å². The van der Waals surface area contributed by atoms with Gasteiger partial charge in [-0.2, -0.15) is 0 Å². The number of nitrogens with one attached hydrogen (secondary N) is 1. The number of aromatic nitrogens is 2. The van der Waals surface area contributed by atoms with Gasteiger partial charge in [-0.1, -0.05) is 18.2 Å². The Balaban J connectivity index is 2.29. The van der Waals surface area contributed by atoms with Crippen LogP contribution in [0, 0.1) is 10.1 Å². The fraction of sp³-hybridized carbons (Fsp3) is 0.143. The zero-order valence-electron chi connectivity index (χ0n) is 11.2. The van der Waals surface area contributed by atoms with Crippen molar-refractivity contribution in [3.8, 4) is 11.3 Å². The highest BCUT2D eigenvalue weighted by Crippen LogP contribution is 2.38. The second-order valence-electron chi connectivity index (χ2n) is 4.35. The maximum atomic E-state index is 11.5. The lowest BCUT2D eigenvalue weighted by Crippen LogP contribution is -2.06. The first-order valence-corrected chi connectivity index (χ1v) is 7.30. The van der Waals surface area contributed by atoms with Crippen LogP contribution in [-0.4, -0.2) is 21.4 Å². The zero-order chi connectivity index (χ0) is 14.8. The van der Waals surface area contributed by atoms with Crippen molar-refractivity contribution in [2.24, 2.45) is 0 Å². The molecule has 0 aliphatic heterocycles. The number of rotatable bonds is 4. The molecule has 106 valence electrons. The van der Waals surface area contributed by atoms with Crippen molar-refractivity contribution in [1.29, 1.82) is 0 Å². The van der Waals surface area contributed by atoms with E-state index in [0.29, 0.717) is 12.2 Å². The average Bonchev–Trinajstić information content (AvgIpc) is 2.95. The number of fused-ring (bicyclic) bond motifs is 1. The van der Waals surface area contributed by atoms with E-state index in [1.807, 2.05) is 36.6 Å². The van der Waals surface area contributed by atoms with E-state index in [1.165, 1.54) is 6.33 Å². The fourth-order valence-corrected chi connectivity index (χ4v) is 3.14. The third-order valence-electron chi connectivity index (χ3n) is 3.08. The number of hydrogen-bond donors (Lipinski definition) is 1. The van der Waals surface area contributed by atoms with Gasteiger partial charge in [0, 0.05) is 16.8 Å². The molecule has 0 fully saturated rings. The van der Waals surface area contributed by atoms with Crippen LogP contribution in [0.15, 0.2) is 36.0 Å². The summed E-state index contributed by atoms with van der Waals surface area (Å²) in [7, 11) is 0. The van der Waals surface area contributed by atoms with E-state index in [-0.39, 0.29) is 11.5 Å². The van der Waals surface area contributed by atoms with Gasteiger partial charge in [-0.3, -0.25) is 10.1 Å². The summed E-state index contributed by atoms with van der Waals surface area (Å²) in [6.45, 7) is 2.42. The van der Waals surface area contributed by atoms with E-state index in [0.717, 1.165) is 15.6 Å². The molecule has 0 aliphatic rings. The highest BCUT2D eigenvalue weighted by atomic mass is 32.1. The molecule has 7 heteroatoms. The van der Waals surface area contributed by atoms with E-state index in [9.17, 15) is 10.1 Å². The maximum Gasteiger partial charge on any atom is 0.337 e. The Morgan fingerprint density at radius 3 is 2.95 bits per heavy atom. The molecule has 6 nitrogen and oxygen atoms in total. The minimum Gasteiger partial charge on any atom is -0.365 e. The van der Waals surface area contributed by atoms with Crippen molar-refractivity contribution in [3.05, 3.63) is 46.1 Å². The number of nitrogens with zero attached hydrogens (tertiary/aromatic N) is 3. The highest BCUT2D eigenvalue weighted by Gasteiger charge is 2.24. The molecule has 1 N–H and O–H groups in total. The van der Waals surface area contributed by atoms with E-state index in [4.69, 9.17) is 0 Å². The lowest BCUT2D eigenvalue weighted by atomic mass is 10.1. The van der Waals surface area contributed by atoms with Gasteiger partial charge >= 0.3 is 5.69 Å². The van der Waals surface area contributed by atoms with Gasteiger partial charge in [-0.05, 0) is 23.8 Å². The Labute approximate surface area is 124 Å². The predicted molar refractivity (Wildman–Crippen MR) is 83.7 cm³/mol. The SMILES string of the molecule is CCNc1ncnc(-c2cccc3ccsc23)c1[N+](=O)[O-]. The third-order valence-corrected chi connectivity index (χ3v) is 4.05. The molecule has 1 aromatic carbocycles. The quantitative estimate of drug-likeness (QED) is 0.587. The van der Waals surface area contributed by atoms with Crippen LogP contribution in [0.5, 0.6) is 0 Å². The summed E-state index contributed by atoms with van der Waals surface area (Å²) in [5.74, 6) is 0.251. The van der Waals surface area contributed by atoms with Gasteiger partial charge in [0.1, 0.15) is 6.33 Å². The van der Waals surface area contributed by atoms with Crippen molar-refractivity contribution in [2.45, 2.75) is 6.92 Å². The number of benzene rings is 1. The molecule has 2 heterocycles. The first-order valence-electron chi connectivity index (χ1n) is 6.42. The van der Waals surface area contributed by atoms with Crippen molar-refractivity contribution in [3.63, 3.8) is 0 Å². The Bertz CT molecular complexity index is 816. The first kappa shape index (κ1) is 13.4. The largest absolute Gasteiger partial charge is 0.365 e. The molecule has 0 saturated carbocycles. The average molecular weight is 300 g/mol. The Morgan fingerprint density at radius 2 is 2.19 bits per heavy atom. The smallest absolute Gasteiger partial charge is 0.337 e. The second kappa shape index (κ2) is 5.45. The van der Waals surface area contributed by atoms with Crippen LogP contribution >= 0.6 is 11.3 Å². The van der Waals surface area contributed by atoms with Gasteiger partial charge in [0.05, 0.1) is 4.92 Å². The fourth-order valence-electron chi connectivity index (χ4n) is 2.23. The van der Waals surface area contributed by atoms with Crippen LogP contribution in [0.3, 0.4) is 0 Å². The first-order chi connectivity index (χ1) is 10.2. The van der Waals surface area contributed by atoms with Crippen molar-refractivity contribution in [2.75, 3.05) is 11.9 Å². The topological polar surface area (TPSA) is 81.0 Å². The summed E-state index contributed by atoms with van der Waals surface area (Å²) < 4.78 is 0.988. The summed E-state index contributed by atoms with van der Waals surface area (Å²) in [5, 5.41) is 17.4. The molecule has 0 saturated heterocycles. The monoisotopic (exact) mass is 300 g/mol. The second-order valence-corrected chi connectivity index (χ2v) is 5.27. The third kappa shape index (κ3) is 2.31. The summed E-state index contributed by atoms with van der Waals surface area (Å²) in [6.07, 6.45) is 1.35. The zero-order valence-corrected chi connectivity index (χ0v) is 12.1. The van der Waals surface area contributed by atoms with Crippen LogP contribution in [0.4, 0.5) is 11.5 Å². The molecule has 3 aromatic rings. The van der Waals surface area contributed by atoms with Gasteiger partial charge in [0.25, 0.3) is 0 Å². The van der Waals surface area contributed by atoms with Gasteiger partial charge in [-0.25, -0.2) is 9.97 Å². The Hall–Kier alpha value is -2.54. The van der Waals surface area contributed by atoms with E-state index < -0.39 is 4.92 Å². The number of anilines is 1. The standard InChI is InChI=1S/C14H12N4O2S/c1-2-15-14-12(18(19)20)11(16-8-17-14)10-5-3-4-9-6-7-21-13(9)10/h3-8H,2H2,1H3,(H,15,16,17). The summed E-state index contributed by atoms with van der Waals surface area (Å²) in [5.41, 5.74) is 1.02. The van der Waals surface area contributed by atoms with Crippen molar-refractivity contribution < 1.29 is 4.92 Å². The minimum atomic E-state index is -0.431. The van der Waals surface area contributed by atoms with Crippen molar-refractivity contribution in [1.82, 2.24) is 9.97 Å². The van der Waals surface area contributed by atoms with Crippen LogP contribution in [0.2, 0.25) is 0 Å². The minimum absolute atomic E-state index is 0.0831. The summed E-state index contributed by atoms with van der Waals surface area (Å²) >= 11 is 1.54. The van der Waals surface area contributed by atoms with E-state index in [2.05, 4.69) is 15.3 Å². The molecule has 0 unspecified atom stereocenters. The molecule has 0 bridgehead atoms. The predicted octanol–water partition coefficient (Wildman–Crippen LogP) is 3.70. The van der Waals surface area contributed by atoms with Gasteiger partial charge in [0.15, 0.2) is 5.69 Å². The maximum absolute atomic E-state index is 11.5. The summed E-state index contributed by atoms with van der Waals surface area (Å²) in [4.78, 5) is 19.2. The van der Waals surface area contributed by atoms with E-state index in [1.54, 1.807) is 11.3 Å². The normalized spacial score (nSPS) is 10.7. The molecular weight excluding hydrogens is 288 g/mol. The van der Waals surface area contributed by atoms with Crippen LogP contribution in [0.1, 0.15) is 6.92 Å². The molecule has 21 heavy (non-hydrogen) atoms. The van der Waals surface area contributed by atoms with Gasteiger partial charge < -0.3 is 5.32 Å². The molecule has 3 rings (SSSR count). The molecule has 0 spiro atoms. The van der Waals surface area contributed by atoms with Gasteiger partial charge in [0.2, 0.25) is 5.82 Å². The summed E-state index contributed by atoms with van der Waals surface area (Å²) in [6, 6.07) is 7.70. The number of nitro groups is 1. The molecule has 0 atom stereocenters.